The largest absolute Gasteiger partial charge is 0.573 e. The highest BCUT2D eigenvalue weighted by Gasteiger charge is 2.31. The molecular formula is C15H18ClF3N4O2. The average Bonchev–Trinajstić information content (AvgIpc) is 2.96. The lowest BCUT2D eigenvalue weighted by atomic mass is 10.1. The van der Waals surface area contributed by atoms with Crippen molar-refractivity contribution in [1.82, 2.24) is 20.4 Å². The third-order valence-electron chi connectivity index (χ3n) is 3.81. The molecule has 0 saturated carbocycles. The van der Waals surface area contributed by atoms with Crippen molar-refractivity contribution in [2.24, 2.45) is 0 Å². The number of hydrogen-bond acceptors (Lipinski definition) is 6. The Hall–Kier alpha value is -1.84. The summed E-state index contributed by atoms with van der Waals surface area (Å²) in [5.41, 5.74) is 0.759. The maximum absolute atomic E-state index is 12.1. The number of hydrogen-bond donors (Lipinski definition) is 1. The minimum Gasteiger partial charge on any atom is -0.406 e. The van der Waals surface area contributed by atoms with E-state index in [-0.39, 0.29) is 24.2 Å². The van der Waals surface area contributed by atoms with Crippen LogP contribution in [0.4, 0.5) is 13.2 Å². The Bertz CT molecular complexity index is 678. The fraction of sp³-hybridized carbons (Fsp3) is 0.467. The van der Waals surface area contributed by atoms with E-state index in [1.807, 2.05) is 7.05 Å². The summed E-state index contributed by atoms with van der Waals surface area (Å²) < 4.78 is 45.5. The number of piperazine rings is 1. The molecule has 10 heteroatoms. The van der Waals surface area contributed by atoms with E-state index in [2.05, 4.69) is 25.1 Å². The molecule has 1 aromatic heterocycles. The van der Waals surface area contributed by atoms with Gasteiger partial charge in [-0.05, 0) is 24.7 Å². The number of aromatic nitrogens is 2. The number of ether oxygens (including phenoxy) is 1. The first-order valence-corrected chi connectivity index (χ1v) is 7.49. The molecular weight excluding hydrogens is 361 g/mol. The van der Waals surface area contributed by atoms with Gasteiger partial charge in [0.05, 0.1) is 12.5 Å². The van der Waals surface area contributed by atoms with Crippen LogP contribution in [0.2, 0.25) is 0 Å². The zero-order chi connectivity index (χ0) is 17.2. The molecule has 0 bridgehead atoms. The summed E-state index contributed by atoms with van der Waals surface area (Å²) in [6, 6.07) is 5.66. The molecule has 2 heterocycles. The van der Waals surface area contributed by atoms with Crippen LogP contribution in [0.25, 0.3) is 0 Å². The second-order valence-corrected chi connectivity index (χ2v) is 5.62. The molecule has 1 unspecified atom stereocenters. The summed E-state index contributed by atoms with van der Waals surface area (Å²) in [6.07, 6.45) is -4.34. The fourth-order valence-electron chi connectivity index (χ4n) is 2.55. The van der Waals surface area contributed by atoms with Crippen molar-refractivity contribution >= 4 is 12.4 Å². The van der Waals surface area contributed by atoms with Crippen LogP contribution in [0.1, 0.15) is 23.3 Å². The van der Waals surface area contributed by atoms with Gasteiger partial charge in [0.15, 0.2) is 5.82 Å². The van der Waals surface area contributed by atoms with Gasteiger partial charge in [-0.15, -0.1) is 25.6 Å². The SMILES string of the molecule is CN1CCNCC1c1noc(Cc2ccc(OC(F)(F)F)cc2)n1.Cl. The average molecular weight is 379 g/mol. The Labute approximate surface area is 148 Å². The van der Waals surface area contributed by atoms with Crippen molar-refractivity contribution < 1.29 is 22.4 Å². The Morgan fingerprint density at radius 2 is 2.04 bits per heavy atom. The molecule has 1 saturated heterocycles. The Morgan fingerprint density at radius 3 is 2.68 bits per heavy atom. The predicted octanol–water partition coefficient (Wildman–Crippen LogP) is 2.56. The van der Waals surface area contributed by atoms with Crippen molar-refractivity contribution in [1.29, 1.82) is 0 Å². The molecule has 0 aliphatic carbocycles. The number of nitrogens with zero attached hydrogens (tertiary/aromatic N) is 3. The highest BCUT2D eigenvalue weighted by molar-refractivity contribution is 5.85. The van der Waals surface area contributed by atoms with Crippen LogP contribution >= 0.6 is 12.4 Å². The molecule has 3 rings (SSSR count). The van der Waals surface area contributed by atoms with Gasteiger partial charge in [-0.3, -0.25) is 4.90 Å². The maximum atomic E-state index is 12.1. The molecule has 0 radical (unpaired) electrons. The monoisotopic (exact) mass is 378 g/mol. The normalized spacial score (nSPS) is 18.6. The number of nitrogens with one attached hydrogen (secondary N) is 1. The van der Waals surface area contributed by atoms with Crippen LogP contribution in [-0.2, 0) is 6.42 Å². The zero-order valence-electron chi connectivity index (χ0n) is 13.4. The van der Waals surface area contributed by atoms with Crippen molar-refractivity contribution in [3.63, 3.8) is 0 Å². The molecule has 1 N–H and O–H groups in total. The summed E-state index contributed by atoms with van der Waals surface area (Å²) in [5, 5.41) is 7.29. The minimum atomic E-state index is -4.69. The summed E-state index contributed by atoms with van der Waals surface area (Å²) in [4.78, 5) is 6.54. The van der Waals surface area contributed by atoms with Crippen LogP contribution in [0.15, 0.2) is 28.8 Å². The third-order valence-corrected chi connectivity index (χ3v) is 3.81. The van der Waals surface area contributed by atoms with Crippen molar-refractivity contribution in [2.75, 3.05) is 26.7 Å². The first-order valence-electron chi connectivity index (χ1n) is 7.49. The lowest BCUT2D eigenvalue weighted by molar-refractivity contribution is -0.274. The first kappa shape index (κ1) is 19.5. The van der Waals surface area contributed by atoms with Crippen LogP contribution < -0.4 is 10.1 Å². The van der Waals surface area contributed by atoms with Gasteiger partial charge in [0.1, 0.15) is 5.75 Å². The Balaban J connectivity index is 0.00000225. The fourth-order valence-corrected chi connectivity index (χ4v) is 2.55. The second-order valence-electron chi connectivity index (χ2n) is 5.62. The Morgan fingerprint density at radius 1 is 1.32 bits per heavy atom. The standard InChI is InChI=1S/C15H17F3N4O2.ClH/c1-22-7-6-19-9-12(22)14-20-13(24-21-14)8-10-2-4-11(5-3-10)23-15(16,17)18;/h2-5,12,19H,6-9H2,1H3;1H. The summed E-state index contributed by atoms with van der Waals surface area (Å²) >= 11 is 0. The van der Waals surface area contributed by atoms with E-state index in [4.69, 9.17) is 4.52 Å². The van der Waals surface area contributed by atoms with Gasteiger partial charge >= 0.3 is 6.36 Å². The minimum absolute atomic E-state index is 0. The molecule has 6 nitrogen and oxygen atoms in total. The highest BCUT2D eigenvalue weighted by atomic mass is 35.5. The van der Waals surface area contributed by atoms with Gasteiger partial charge in [-0.2, -0.15) is 4.98 Å². The van der Waals surface area contributed by atoms with Gasteiger partial charge in [-0.25, -0.2) is 0 Å². The lowest BCUT2D eigenvalue weighted by Crippen LogP contribution is -2.44. The first-order chi connectivity index (χ1) is 11.4. The topological polar surface area (TPSA) is 63.4 Å². The number of likely N-dealkylation sites (N-methyl/N-ethyl adjacent to an activating group) is 1. The predicted molar refractivity (Wildman–Crippen MR) is 85.7 cm³/mol. The zero-order valence-corrected chi connectivity index (χ0v) is 14.2. The number of rotatable bonds is 4. The third kappa shape index (κ3) is 5.32. The smallest absolute Gasteiger partial charge is 0.406 e. The molecule has 1 fully saturated rings. The van der Waals surface area contributed by atoms with Crippen LogP contribution in [0, 0.1) is 0 Å². The van der Waals surface area contributed by atoms with E-state index >= 15 is 0 Å². The molecule has 1 aromatic carbocycles. The molecule has 1 aliphatic rings. The second kappa shape index (κ2) is 8.03. The summed E-state index contributed by atoms with van der Waals surface area (Å²) in [7, 11) is 2.00. The van der Waals surface area contributed by atoms with Crippen LogP contribution in [0.5, 0.6) is 5.75 Å². The van der Waals surface area contributed by atoms with E-state index in [0.717, 1.165) is 25.2 Å². The van der Waals surface area contributed by atoms with E-state index in [0.29, 0.717) is 18.1 Å². The number of benzene rings is 1. The lowest BCUT2D eigenvalue weighted by Gasteiger charge is -2.30. The molecule has 25 heavy (non-hydrogen) atoms. The molecule has 0 spiro atoms. The summed E-state index contributed by atoms with van der Waals surface area (Å²) in [5.74, 6) is 0.776. The molecule has 1 aliphatic heterocycles. The molecule has 2 aromatic rings. The summed E-state index contributed by atoms with van der Waals surface area (Å²) in [6.45, 7) is 2.57. The van der Waals surface area contributed by atoms with Gasteiger partial charge < -0.3 is 14.6 Å². The highest BCUT2D eigenvalue weighted by Crippen LogP contribution is 2.24. The number of alkyl halides is 3. The Kier molecular flexibility index (Phi) is 6.26. The van der Waals surface area contributed by atoms with E-state index in [9.17, 15) is 13.2 Å². The quantitative estimate of drug-likeness (QED) is 0.882. The maximum Gasteiger partial charge on any atom is 0.573 e. The van der Waals surface area contributed by atoms with Gasteiger partial charge in [0.2, 0.25) is 5.89 Å². The van der Waals surface area contributed by atoms with Crippen molar-refractivity contribution in [2.45, 2.75) is 18.8 Å². The van der Waals surface area contributed by atoms with Crippen LogP contribution in [-0.4, -0.2) is 48.1 Å². The molecule has 138 valence electrons. The van der Waals surface area contributed by atoms with Gasteiger partial charge in [0.25, 0.3) is 0 Å². The molecule has 1 atom stereocenters. The van der Waals surface area contributed by atoms with Crippen molar-refractivity contribution in [3.8, 4) is 5.75 Å². The van der Waals surface area contributed by atoms with Crippen molar-refractivity contribution in [3.05, 3.63) is 41.5 Å². The molecule has 0 amide bonds. The number of halogens is 4. The van der Waals surface area contributed by atoms with E-state index in [1.54, 1.807) is 12.1 Å². The van der Waals surface area contributed by atoms with E-state index in [1.165, 1.54) is 12.1 Å². The van der Waals surface area contributed by atoms with Gasteiger partial charge in [-0.1, -0.05) is 17.3 Å². The van der Waals surface area contributed by atoms with Gasteiger partial charge in [0, 0.05) is 19.6 Å². The van der Waals surface area contributed by atoms with E-state index < -0.39 is 6.36 Å². The van der Waals surface area contributed by atoms with Crippen LogP contribution in [0.3, 0.4) is 0 Å².